The standard InChI is InChI=1S/C18H23NO4/c1-23-11-15-16(20)19(17(21)22)12-18(15)9-7-14(8-10-18)13-5-3-2-4-6-13/h2-6,14-15H,7-12H2,1H3,(H,21,22). The molecule has 0 bridgehead atoms. The fourth-order valence-electron chi connectivity index (χ4n) is 4.29. The number of carbonyl (C=O) groups is 2. The van der Waals surface area contributed by atoms with Crippen LogP contribution >= 0.6 is 0 Å². The van der Waals surface area contributed by atoms with E-state index < -0.39 is 6.09 Å². The van der Waals surface area contributed by atoms with E-state index in [1.54, 1.807) is 7.11 Å². The number of likely N-dealkylation sites (tertiary alicyclic amines) is 1. The number of carbonyl (C=O) groups excluding carboxylic acids is 1. The molecule has 1 aromatic rings. The first-order valence-corrected chi connectivity index (χ1v) is 8.15. The molecule has 3 rings (SSSR count). The van der Waals surface area contributed by atoms with E-state index in [0.717, 1.165) is 30.6 Å². The molecule has 1 aliphatic carbocycles. The third-order valence-corrected chi connectivity index (χ3v) is 5.59. The number of rotatable bonds is 3. The molecule has 1 saturated heterocycles. The Morgan fingerprint density at radius 2 is 1.96 bits per heavy atom. The molecular weight excluding hydrogens is 294 g/mol. The van der Waals surface area contributed by atoms with Crippen molar-refractivity contribution in [2.24, 2.45) is 11.3 Å². The number of ether oxygens (including phenoxy) is 1. The van der Waals surface area contributed by atoms with Gasteiger partial charge in [-0.1, -0.05) is 30.3 Å². The topological polar surface area (TPSA) is 66.8 Å². The van der Waals surface area contributed by atoms with Crippen molar-refractivity contribution < 1.29 is 19.4 Å². The maximum absolute atomic E-state index is 12.4. The summed E-state index contributed by atoms with van der Waals surface area (Å²) in [5.74, 6) is -0.128. The minimum Gasteiger partial charge on any atom is -0.465 e. The van der Waals surface area contributed by atoms with E-state index in [1.807, 2.05) is 6.07 Å². The van der Waals surface area contributed by atoms with Gasteiger partial charge in [0.05, 0.1) is 12.5 Å². The average Bonchev–Trinajstić information content (AvgIpc) is 2.83. The summed E-state index contributed by atoms with van der Waals surface area (Å²) in [4.78, 5) is 24.8. The van der Waals surface area contributed by atoms with Crippen LogP contribution in [-0.2, 0) is 9.53 Å². The third kappa shape index (κ3) is 2.85. The van der Waals surface area contributed by atoms with E-state index in [2.05, 4.69) is 24.3 Å². The molecule has 1 spiro atoms. The molecule has 1 unspecified atom stereocenters. The normalized spacial score (nSPS) is 30.8. The second kappa shape index (κ2) is 6.32. The molecule has 1 heterocycles. The molecule has 5 heteroatoms. The molecule has 1 aromatic carbocycles. The van der Waals surface area contributed by atoms with Gasteiger partial charge in [-0.15, -0.1) is 0 Å². The molecule has 2 fully saturated rings. The van der Waals surface area contributed by atoms with Crippen LogP contribution < -0.4 is 0 Å². The summed E-state index contributed by atoms with van der Waals surface area (Å²) in [7, 11) is 1.57. The Labute approximate surface area is 136 Å². The lowest BCUT2D eigenvalue weighted by molar-refractivity contribution is -0.132. The van der Waals surface area contributed by atoms with Gasteiger partial charge in [0.25, 0.3) is 0 Å². The van der Waals surface area contributed by atoms with Crippen molar-refractivity contribution in [2.75, 3.05) is 20.3 Å². The van der Waals surface area contributed by atoms with Gasteiger partial charge in [-0.25, -0.2) is 9.69 Å². The predicted octanol–water partition coefficient (Wildman–Crippen LogP) is 3.11. The van der Waals surface area contributed by atoms with Crippen LogP contribution in [0, 0.1) is 11.3 Å². The molecule has 1 N–H and O–H groups in total. The molecular formula is C18H23NO4. The number of hydrogen-bond acceptors (Lipinski definition) is 3. The summed E-state index contributed by atoms with van der Waals surface area (Å²) in [6, 6.07) is 10.4. The van der Waals surface area contributed by atoms with Crippen LogP contribution in [0.25, 0.3) is 0 Å². The zero-order chi connectivity index (χ0) is 16.4. The van der Waals surface area contributed by atoms with E-state index in [-0.39, 0.29) is 17.2 Å². The number of nitrogens with zero attached hydrogens (tertiary/aromatic N) is 1. The number of carboxylic acid groups (broad SMARTS) is 1. The lowest BCUT2D eigenvalue weighted by Gasteiger charge is -2.40. The number of amides is 2. The molecule has 124 valence electrons. The maximum Gasteiger partial charge on any atom is 0.414 e. The van der Waals surface area contributed by atoms with Crippen LogP contribution in [0.15, 0.2) is 30.3 Å². The van der Waals surface area contributed by atoms with Crippen LogP contribution in [0.5, 0.6) is 0 Å². The largest absolute Gasteiger partial charge is 0.465 e. The Bertz CT molecular complexity index is 578. The molecule has 0 aromatic heterocycles. The van der Waals surface area contributed by atoms with Gasteiger partial charge in [-0.2, -0.15) is 0 Å². The highest BCUT2D eigenvalue weighted by Gasteiger charge is 2.54. The van der Waals surface area contributed by atoms with Crippen molar-refractivity contribution in [3.63, 3.8) is 0 Å². The van der Waals surface area contributed by atoms with Crippen molar-refractivity contribution in [2.45, 2.75) is 31.6 Å². The monoisotopic (exact) mass is 317 g/mol. The molecule has 2 amide bonds. The molecule has 1 saturated carbocycles. The molecule has 23 heavy (non-hydrogen) atoms. The highest BCUT2D eigenvalue weighted by atomic mass is 16.5. The number of imide groups is 1. The Kier molecular flexibility index (Phi) is 4.39. The number of methoxy groups -OCH3 is 1. The first-order valence-electron chi connectivity index (χ1n) is 8.15. The maximum atomic E-state index is 12.4. The summed E-state index contributed by atoms with van der Waals surface area (Å²) in [6.45, 7) is 0.620. The Morgan fingerprint density at radius 1 is 1.30 bits per heavy atom. The average molecular weight is 317 g/mol. The minimum absolute atomic E-state index is 0.253. The van der Waals surface area contributed by atoms with Gasteiger partial charge in [-0.05, 0) is 37.2 Å². The molecule has 5 nitrogen and oxygen atoms in total. The van der Waals surface area contributed by atoms with E-state index >= 15 is 0 Å². The first-order chi connectivity index (χ1) is 11.1. The number of benzene rings is 1. The highest BCUT2D eigenvalue weighted by Crippen LogP contribution is 2.51. The zero-order valence-electron chi connectivity index (χ0n) is 13.4. The highest BCUT2D eigenvalue weighted by molar-refractivity contribution is 5.95. The predicted molar refractivity (Wildman–Crippen MR) is 85.2 cm³/mol. The van der Waals surface area contributed by atoms with Crippen molar-refractivity contribution >= 4 is 12.0 Å². The quantitative estimate of drug-likeness (QED) is 0.930. The van der Waals surface area contributed by atoms with Gasteiger partial charge in [0.1, 0.15) is 0 Å². The summed E-state index contributed by atoms with van der Waals surface area (Å²) in [5, 5.41) is 9.28. The van der Waals surface area contributed by atoms with Crippen molar-refractivity contribution in [1.82, 2.24) is 4.90 Å². The Morgan fingerprint density at radius 3 is 2.52 bits per heavy atom. The second-order valence-electron chi connectivity index (χ2n) is 6.76. The van der Waals surface area contributed by atoms with E-state index in [1.165, 1.54) is 5.56 Å². The minimum atomic E-state index is -1.14. The Balaban J connectivity index is 1.77. The van der Waals surface area contributed by atoms with Crippen LogP contribution in [0.3, 0.4) is 0 Å². The van der Waals surface area contributed by atoms with Gasteiger partial charge in [-0.3, -0.25) is 4.79 Å². The summed E-state index contributed by atoms with van der Waals surface area (Å²) >= 11 is 0. The van der Waals surface area contributed by atoms with E-state index in [9.17, 15) is 14.7 Å². The fraction of sp³-hybridized carbons (Fsp3) is 0.556. The van der Waals surface area contributed by atoms with Crippen LogP contribution in [0.4, 0.5) is 4.79 Å². The van der Waals surface area contributed by atoms with Crippen LogP contribution in [0.2, 0.25) is 0 Å². The van der Waals surface area contributed by atoms with Crippen molar-refractivity contribution in [3.05, 3.63) is 35.9 Å². The molecule has 1 aliphatic heterocycles. The van der Waals surface area contributed by atoms with Gasteiger partial charge >= 0.3 is 6.09 Å². The van der Waals surface area contributed by atoms with Crippen molar-refractivity contribution in [3.8, 4) is 0 Å². The Hall–Kier alpha value is -1.88. The molecule has 0 radical (unpaired) electrons. The summed E-state index contributed by atoms with van der Waals surface area (Å²) in [6.07, 6.45) is 2.58. The molecule has 2 aliphatic rings. The lowest BCUT2D eigenvalue weighted by atomic mass is 9.64. The van der Waals surface area contributed by atoms with Gasteiger partial charge < -0.3 is 9.84 Å². The SMILES string of the molecule is COCC1C(=O)N(C(=O)O)CC12CCC(c1ccccc1)CC2. The van der Waals surface area contributed by atoms with Gasteiger partial charge in [0, 0.05) is 19.1 Å². The first kappa shape index (κ1) is 16.0. The fourth-order valence-corrected chi connectivity index (χ4v) is 4.29. The van der Waals surface area contributed by atoms with Crippen LogP contribution in [-0.4, -0.2) is 42.3 Å². The lowest BCUT2D eigenvalue weighted by Crippen LogP contribution is -2.37. The molecule has 1 atom stereocenters. The summed E-state index contributed by atoms with van der Waals surface area (Å²) < 4.78 is 5.22. The second-order valence-corrected chi connectivity index (χ2v) is 6.76. The summed E-state index contributed by atoms with van der Waals surface area (Å²) in [5.41, 5.74) is 1.08. The zero-order valence-corrected chi connectivity index (χ0v) is 13.4. The van der Waals surface area contributed by atoms with Gasteiger partial charge in [0.2, 0.25) is 5.91 Å². The van der Waals surface area contributed by atoms with E-state index in [0.29, 0.717) is 19.1 Å². The van der Waals surface area contributed by atoms with Gasteiger partial charge in [0.15, 0.2) is 0 Å². The van der Waals surface area contributed by atoms with Crippen LogP contribution in [0.1, 0.15) is 37.2 Å². The number of hydrogen-bond donors (Lipinski definition) is 1. The van der Waals surface area contributed by atoms with E-state index in [4.69, 9.17) is 4.74 Å². The smallest absolute Gasteiger partial charge is 0.414 e. The van der Waals surface area contributed by atoms with Crippen molar-refractivity contribution in [1.29, 1.82) is 0 Å². The third-order valence-electron chi connectivity index (χ3n) is 5.59.